The van der Waals surface area contributed by atoms with E-state index >= 15 is 0 Å². The average Bonchev–Trinajstić information content (AvgIpc) is 2.94. The number of hydrogen-bond acceptors (Lipinski definition) is 3. The second-order valence-corrected chi connectivity index (χ2v) is 6.43. The molecule has 0 radical (unpaired) electrons. The molecule has 0 saturated carbocycles. The second kappa shape index (κ2) is 4.92. The molecule has 0 heterocycles. The molecule has 114 valence electrons. The minimum atomic E-state index is -0.736. The van der Waals surface area contributed by atoms with Crippen LogP contribution in [-0.4, -0.2) is 10.6 Å². The molecule has 0 bridgehead atoms. The molecule has 0 aliphatic heterocycles. The molecular formula is C20H18N2O. The van der Waals surface area contributed by atoms with Crippen LogP contribution in [0.3, 0.4) is 0 Å². The Bertz CT molecular complexity index is 946. The monoisotopic (exact) mass is 302 g/mol. The summed E-state index contributed by atoms with van der Waals surface area (Å²) in [6.07, 6.45) is 12.8. The van der Waals surface area contributed by atoms with E-state index in [4.69, 9.17) is 5.53 Å². The molecule has 0 fully saturated rings. The van der Waals surface area contributed by atoms with Crippen molar-refractivity contribution in [3.8, 4) is 0 Å². The standard InChI is InChI=1S/C20H18N2O/c1-20(22-21)12-14(23)9-10-19(20)17-8-4-7-16-15-6-3-2-5-13(15)11-18(16)17/h2-7,9-12,19,21,23H,8H2,1H3/t19-,20-/m0/s1. The van der Waals surface area contributed by atoms with Crippen molar-refractivity contribution in [3.05, 3.63) is 82.0 Å². The van der Waals surface area contributed by atoms with Crippen LogP contribution >= 0.6 is 0 Å². The van der Waals surface area contributed by atoms with Crippen LogP contribution in [0.1, 0.15) is 13.3 Å². The predicted molar refractivity (Wildman–Crippen MR) is 91.2 cm³/mol. The first kappa shape index (κ1) is 13.9. The first-order chi connectivity index (χ1) is 11.1. The van der Waals surface area contributed by atoms with Crippen LogP contribution in [-0.2, 0) is 0 Å². The van der Waals surface area contributed by atoms with E-state index < -0.39 is 5.54 Å². The number of allylic oxidation sites excluding steroid dienone is 4. The summed E-state index contributed by atoms with van der Waals surface area (Å²) >= 11 is 0. The molecule has 1 aromatic rings. The summed E-state index contributed by atoms with van der Waals surface area (Å²) in [4.78, 5) is 0. The van der Waals surface area contributed by atoms with Crippen molar-refractivity contribution in [1.82, 2.24) is 0 Å². The molecular weight excluding hydrogens is 284 g/mol. The lowest BCUT2D eigenvalue weighted by Gasteiger charge is -2.34. The van der Waals surface area contributed by atoms with Gasteiger partial charge >= 0.3 is 0 Å². The van der Waals surface area contributed by atoms with Gasteiger partial charge in [-0.25, -0.2) is 5.53 Å². The summed E-state index contributed by atoms with van der Waals surface area (Å²) in [6, 6.07) is 8.41. The normalized spacial score (nSPS) is 28.1. The predicted octanol–water partition coefficient (Wildman–Crippen LogP) is 3.31. The molecule has 23 heavy (non-hydrogen) atoms. The zero-order valence-corrected chi connectivity index (χ0v) is 13.0. The SMILES string of the molecule is C[C@]1(N=N)C=C(O)C=C[C@H]1C1=C2C=c3ccccc3=C2C=CC1. The molecule has 0 saturated heterocycles. The second-order valence-electron chi connectivity index (χ2n) is 6.43. The minimum absolute atomic E-state index is 0.0172. The summed E-state index contributed by atoms with van der Waals surface area (Å²) in [5, 5.41) is 16.1. The van der Waals surface area contributed by atoms with Crippen LogP contribution in [0.4, 0.5) is 0 Å². The largest absolute Gasteiger partial charge is 0.508 e. The molecule has 1 aromatic carbocycles. The van der Waals surface area contributed by atoms with Crippen molar-refractivity contribution in [2.45, 2.75) is 18.9 Å². The van der Waals surface area contributed by atoms with Gasteiger partial charge in [-0.3, -0.25) is 0 Å². The molecule has 2 atom stereocenters. The van der Waals surface area contributed by atoms with E-state index in [1.54, 1.807) is 12.2 Å². The molecule has 3 nitrogen and oxygen atoms in total. The van der Waals surface area contributed by atoms with Gasteiger partial charge in [0, 0.05) is 5.92 Å². The van der Waals surface area contributed by atoms with Gasteiger partial charge in [-0.05, 0) is 58.7 Å². The molecule has 2 N–H and O–H groups in total. The number of rotatable bonds is 2. The first-order valence-electron chi connectivity index (χ1n) is 7.82. The van der Waals surface area contributed by atoms with Crippen LogP contribution in [0, 0.1) is 11.4 Å². The Morgan fingerprint density at radius 3 is 2.87 bits per heavy atom. The maximum Gasteiger partial charge on any atom is 0.113 e. The molecule has 0 unspecified atom stereocenters. The highest BCUT2D eigenvalue weighted by molar-refractivity contribution is 5.89. The van der Waals surface area contributed by atoms with E-state index in [0.717, 1.165) is 6.42 Å². The lowest BCUT2D eigenvalue weighted by atomic mass is 9.73. The molecule has 4 rings (SSSR count). The maximum atomic E-state index is 9.81. The number of fused-ring (bicyclic) bond motifs is 2. The van der Waals surface area contributed by atoms with E-state index in [9.17, 15) is 5.11 Å². The van der Waals surface area contributed by atoms with Gasteiger partial charge in [-0.1, -0.05) is 42.5 Å². The fraction of sp³-hybridized carbons (Fsp3) is 0.200. The number of aliphatic hydroxyl groups is 1. The Morgan fingerprint density at radius 1 is 1.22 bits per heavy atom. The van der Waals surface area contributed by atoms with Gasteiger partial charge < -0.3 is 5.11 Å². The van der Waals surface area contributed by atoms with Gasteiger partial charge in [0.1, 0.15) is 11.3 Å². The van der Waals surface area contributed by atoms with Crippen molar-refractivity contribution >= 4 is 11.6 Å². The highest BCUT2D eigenvalue weighted by Crippen LogP contribution is 2.41. The Morgan fingerprint density at radius 2 is 2.04 bits per heavy atom. The summed E-state index contributed by atoms with van der Waals surface area (Å²) in [6.45, 7) is 1.90. The molecule has 3 aliphatic carbocycles. The van der Waals surface area contributed by atoms with Crippen molar-refractivity contribution in [2.24, 2.45) is 11.0 Å². The smallest absolute Gasteiger partial charge is 0.113 e. The van der Waals surface area contributed by atoms with E-state index in [1.165, 1.54) is 27.2 Å². The van der Waals surface area contributed by atoms with Gasteiger partial charge in [0.2, 0.25) is 0 Å². The van der Waals surface area contributed by atoms with Crippen molar-refractivity contribution in [2.75, 3.05) is 0 Å². The van der Waals surface area contributed by atoms with Crippen LogP contribution in [0.15, 0.2) is 76.7 Å². The lowest BCUT2D eigenvalue weighted by Crippen LogP contribution is -2.33. The zero-order valence-electron chi connectivity index (χ0n) is 13.0. The molecule has 0 amide bonds. The Balaban J connectivity index is 1.93. The fourth-order valence-electron chi connectivity index (χ4n) is 3.80. The fourth-order valence-corrected chi connectivity index (χ4v) is 3.80. The highest BCUT2D eigenvalue weighted by atomic mass is 16.3. The third-order valence-electron chi connectivity index (χ3n) is 4.95. The van der Waals surface area contributed by atoms with Crippen molar-refractivity contribution in [1.29, 1.82) is 5.53 Å². The topological polar surface area (TPSA) is 56.4 Å². The maximum absolute atomic E-state index is 9.81. The average molecular weight is 302 g/mol. The number of nitrogens with zero attached hydrogens (tertiary/aromatic N) is 1. The van der Waals surface area contributed by atoms with Crippen molar-refractivity contribution in [3.63, 3.8) is 0 Å². The van der Waals surface area contributed by atoms with Gasteiger partial charge in [0.05, 0.1) is 0 Å². The van der Waals surface area contributed by atoms with E-state index in [1.807, 2.05) is 13.0 Å². The quantitative estimate of drug-likeness (QED) is 0.809. The number of benzene rings is 1. The van der Waals surface area contributed by atoms with Gasteiger partial charge in [0.15, 0.2) is 0 Å². The van der Waals surface area contributed by atoms with Crippen molar-refractivity contribution < 1.29 is 5.11 Å². The minimum Gasteiger partial charge on any atom is -0.508 e. The molecule has 0 aromatic heterocycles. The van der Waals surface area contributed by atoms with Gasteiger partial charge in [0.25, 0.3) is 0 Å². The van der Waals surface area contributed by atoms with Crippen LogP contribution in [0.25, 0.3) is 11.6 Å². The summed E-state index contributed by atoms with van der Waals surface area (Å²) in [5.41, 5.74) is 10.6. The molecule has 0 spiro atoms. The Hall–Kier alpha value is -2.68. The third kappa shape index (κ3) is 2.04. The summed E-state index contributed by atoms with van der Waals surface area (Å²) in [7, 11) is 0. The van der Waals surface area contributed by atoms with Crippen LogP contribution in [0.5, 0.6) is 0 Å². The third-order valence-corrected chi connectivity index (χ3v) is 4.95. The van der Waals surface area contributed by atoms with Crippen LogP contribution in [0.2, 0.25) is 0 Å². The van der Waals surface area contributed by atoms with Crippen LogP contribution < -0.4 is 10.4 Å². The number of hydrogen-bond donors (Lipinski definition) is 2. The Kier molecular flexibility index (Phi) is 2.98. The number of aliphatic hydroxyl groups excluding tert-OH is 1. The zero-order chi connectivity index (χ0) is 16.0. The van der Waals surface area contributed by atoms with Gasteiger partial charge in [-0.15, -0.1) is 0 Å². The van der Waals surface area contributed by atoms with Gasteiger partial charge in [-0.2, -0.15) is 5.11 Å². The first-order valence-corrected chi connectivity index (χ1v) is 7.82. The summed E-state index contributed by atoms with van der Waals surface area (Å²) < 4.78 is 0. The summed E-state index contributed by atoms with van der Waals surface area (Å²) in [5.74, 6) is 0.163. The lowest BCUT2D eigenvalue weighted by molar-refractivity contribution is 0.378. The molecule has 3 heteroatoms. The highest BCUT2D eigenvalue weighted by Gasteiger charge is 2.37. The van der Waals surface area contributed by atoms with E-state index in [-0.39, 0.29) is 11.7 Å². The Labute approximate surface area is 134 Å². The molecule has 3 aliphatic rings. The van der Waals surface area contributed by atoms with E-state index in [0.29, 0.717) is 0 Å². The number of nitrogens with one attached hydrogen (secondary N) is 1. The van der Waals surface area contributed by atoms with E-state index in [2.05, 4.69) is 47.6 Å².